The minimum absolute atomic E-state index is 0.0388. The average molecular weight is 1110 g/mol. The summed E-state index contributed by atoms with van der Waals surface area (Å²) < 4.78 is 34.1. The molecular weight excluding hydrogens is 1020 g/mol. The number of rotatable bonds is 42. The third kappa shape index (κ3) is 38.6. The van der Waals surface area contributed by atoms with Crippen LogP contribution < -0.4 is 4.89 Å². The van der Waals surface area contributed by atoms with Gasteiger partial charge >= 0.3 is 11.9 Å². The average Bonchev–Trinajstić information content (AvgIpc) is 3.16. The molecule has 6 atom stereocenters. The second-order valence-corrected chi connectivity index (χ2v) is 23.3. The van der Waals surface area contributed by atoms with E-state index in [2.05, 4.69) is 77.6 Å². The molecule has 0 fully saturated rings. The first kappa shape index (κ1) is 58.9. The summed E-state index contributed by atoms with van der Waals surface area (Å²) in [5, 5.41) is 0. The quantitative estimate of drug-likeness (QED) is 0.0195. The standard InChI is InChI=1S/C44H84Br4NO8P/c1-6-8-10-12-16-22-28-39(45)41(47)30-24-18-14-20-26-32-43(50)54-36-38(37-56-58(52,53)55-35-34-49(3,4)5)57-44(51)33-27-21-15-19-25-31-42(48)40(46)29-23-17-13-11-9-7-2/h38-42H,6-37H2,1-5H3/t38-,39?,40?,41?,42?/m1/s1. The zero-order chi connectivity index (χ0) is 43.5. The molecule has 0 saturated carbocycles. The van der Waals surface area contributed by atoms with Crippen molar-refractivity contribution in [1.29, 1.82) is 0 Å². The van der Waals surface area contributed by atoms with Crippen LogP contribution in [0.5, 0.6) is 0 Å². The number of hydrogen-bond donors (Lipinski definition) is 0. The Kier molecular flexibility index (Phi) is 39.0. The lowest BCUT2D eigenvalue weighted by Crippen LogP contribution is -2.37. The van der Waals surface area contributed by atoms with E-state index in [1.54, 1.807) is 0 Å². The molecule has 0 aromatic heterocycles. The highest BCUT2D eigenvalue weighted by Crippen LogP contribution is 2.38. The van der Waals surface area contributed by atoms with Crippen molar-refractivity contribution < 1.29 is 42.1 Å². The maximum atomic E-state index is 12.8. The molecule has 0 aromatic rings. The Morgan fingerprint density at radius 3 is 1.29 bits per heavy atom. The molecule has 0 saturated heterocycles. The van der Waals surface area contributed by atoms with Crippen LogP contribution in [-0.2, 0) is 32.7 Å². The molecule has 0 N–H and O–H groups in total. The Labute approximate surface area is 389 Å². The number of hydrogen-bond acceptors (Lipinski definition) is 8. The summed E-state index contributed by atoms with van der Waals surface area (Å²) in [6, 6.07) is 0. The second-order valence-electron chi connectivity index (χ2n) is 17.2. The van der Waals surface area contributed by atoms with E-state index in [4.69, 9.17) is 18.5 Å². The van der Waals surface area contributed by atoms with Gasteiger partial charge in [-0.2, -0.15) is 0 Å². The van der Waals surface area contributed by atoms with Crippen LogP contribution in [0.4, 0.5) is 0 Å². The highest BCUT2D eigenvalue weighted by Gasteiger charge is 2.22. The smallest absolute Gasteiger partial charge is 0.306 e. The summed E-state index contributed by atoms with van der Waals surface area (Å²) in [7, 11) is 1.14. The molecule has 0 radical (unpaired) electrons. The third-order valence-corrected chi connectivity index (χ3v) is 17.1. The Hall–Kier alpha value is 0.930. The Bertz CT molecular complexity index is 1040. The number of nitrogens with zero attached hydrogens (tertiary/aromatic N) is 1. The van der Waals surface area contributed by atoms with Crippen molar-refractivity contribution in [1.82, 2.24) is 0 Å². The highest BCUT2D eigenvalue weighted by atomic mass is 79.9. The zero-order valence-corrected chi connectivity index (χ0v) is 44.4. The minimum atomic E-state index is -4.64. The molecule has 0 bridgehead atoms. The van der Waals surface area contributed by atoms with E-state index in [1.165, 1.54) is 89.9 Å². The Balaban J connectivity index is 4.53. The largest absolute Gasteiger partial charge is 0.756 e. The summed E-state index contributed by atoms with van der Waals surface area (Å²) in [6.07, 6.45) is 29.6. The van der Waals surface area contributed by atoms with Crippen molar-refractivity contribution >= 4 is 83.5 Å². The van der Waals surface area contributed by atoms with Crippen LogP contribution in [0.1, 0.15) is 194 Å². The van der Waals surface area contributed by atoms with Crippen molar-refractivity contribution in [2.45, 2.75) is 219 Å². The lowest BCUT2D eigenvalue weighted by molar-refractivity contribution is -0.870. The number of carbonyl (C=O) groups excluding carboxylic acids is 2. The molecule has 0 aliphatic rings. The molecular formula is C44H84Br4NO8P. The topological polar surface area (TPSA) is 111 Å². The number of ether oxygens (including phenoxy) is 2. The summed E-state index contributed by atoms with van der Waals surface area (Å²) in [6.45, 7) is 4.17. The van der Waals surface area contributed by atoms with Gasteiger partial charge in [-0.15, -0.1) is 0 Å². The van der Waals surface area contributed by atoms with Crippen molar-refractivity contribution in [3.8, 4) is 0 Å². The summed E-state index contributed by atoms with van der Waals surface area (Å²) in [5.41, 5.74) is 0. The highest BCUT2D eigenvalue weighted by molar-refractivity contribution is 9.12. The summed E-state index contributed by atoms with van der Waals surface area (Å²) >= 11 is 15.5. The van der Waals surface area contributed by atoms with Crippen molar-refractivity contribution in [2.75, 3.05) is 47.5 Å². The van der Waals surface area contributed by atoms with Crippen LogP contribution >= 0.6 is 71.5 Å². The molecule has 14 heteroatoms. The van der Waals surface area contributed by atoms with Gasteiger partial charge in [0.25, 0.3) is 7.82 Å². The molecule has 0 amide bonds. The molecule has 0 aromatic carbocycles. The molecule has 0 spiro atoms. The van der Waals surface area contributed by atoms with Crippen molar-refractivity contribution in [3.05, 3.63) is 0 Å². The number of alkyl halides is 4. The van der Waals surface area contributed by atoms with Crippen molar-refractivity contribution in [3.63, 3.8) is 0 Å². The first-order valence-electron chi connectivity index (χ1n) is 22.9. The van der Waals surface area contributed by atoms with Gasteiger partial charge in [0.15, 0.2) is 6.10 Å². The van der Waals surface area contributed by atoms with E-state index >= 15 is 0 Å². The maximum absolute atomic E-state index is 12.8. The molecule has 9 nitrogen and oxygen atoms in total. The summed E-state index contributed by atoms with van der Waals surface area (Å²) in [4.78, 5) is 39.7. The lowest BCUT2D eigenvalue weighted by atomic mass is 10.0. The lowest BCUT2D eigenvalue weighted by Gasteiger charge is -2.28. The number of likely N-dealkylation sites (N-methyl/N-ethyl adjacent to an activating group) is 1. The molecule has 0 heterocycles. The van der Waals surface area contributed by atoms with Crippen molar-refractivity contribution in [2.24, 2.45) is 0 Å². The van der Waals surface area contributed by atoms with Gasteiger partial charge in [-0.25, -0.2) is 0 Å². The third-order valence-electron chi connectivity index (χ3n) is 10.3. The first-order chi connectivity index (χ1) is 27.6. The number of phosphoric ester groups is 1. The van der Waals surface area contributed by atoms with E-state index in [9.17, 15) is 19.0 Å². The normalized spacial score (nSPS) is 15.7. The van der Waals surface area contributed by atoms with Gasteiger partial charge in [0, 0.05) is 32.2 Å². The maximum Gasteiger partial charge on any atom is 0.306 e. The van der Waals surface area contributed by atoms with E-state index in [1.807, 2.05) is 21.1 Å². The Morgan fingerprint density at radius 2 is 0.897 bits per heavy atom. The van der Waals surface area contributed by atoms with Crippen LogP contribution in [-0.4, -0.2) is 89.3 Å². The summed E-state index contributed by atoms with van der Waals surface area (Å²) in [5.74, 6) is -0.865. The van der Waals surface area contributed by atoms with Gasteiger partial charge in [-0.3, -0.25) is 14.2 Å². The fraction of sp³-hybridized carbons (Fsp3) is 0.955. The predicted molar refractivity (Wildman–Crippen MR) is 255 cm³/mol. The second kappa shape index (κ2) is 38.4. The monoisotopic (exact) mass is 1100 g/mol. The Morgan fingerprint density at radius 1 is 0.534 bits per heavy atom. The van der Waals surface area contributed by atoms with E-state index < -0.39 is 32.5 Å². The SMILES string of the molecule is CCCCCCCCC(Br)C(Br)CCCCCCCC(=O)OC[C@H](COP(=O)([O-])OCC[N+](C)(C)C)OC(=O)CCCCCCCC(Br)C(Br)CCCCCCCC. The molecule has 0 aliphatic carbocycles. The number of carbonyl (C=O) groups is 2. The molecule has 0 rings (SSSR count). The predicted octanol–water partition coefficient (Wildman–Crippen LogP) is 13.7. The van der Waals surface area contributed by atoms with Gasteiger partial charge in [0.1, 0.15) is 19.8 Å². The minimum Gasteiger partial charge on any atom is -0.756 e. The number of unbranched alkanes of at least 4 members (excludes halogenated alkanes) is 18. The molecule has 5 unspecified atom stereocenters. The first-order valence-corrected chi connectivity index (χ1v) is 28.0. The number of esters is 2. The molecule has 0 aliphatic heterocycles. The number of phosphoric acid groups is 1. The van der Waals surface area contributed by atoms with Gasteiger partial charge in [0.05, 0.1) is 27.7 Å². The molecule has 346 valence electrons. The number of halogens is 4. The van der Waals surface area contributed by atoms with Gasteiger partial charge < -0.3 is 27.9 Å². The van der Waals surface area contributed by atoms with Gasteiger partial charge in [0.2, 0.25) is 0 Å². The van der Waals surface area contributed by atoms with E-state index in [0.29, 0.717) is 43.2 Å². The fourth-order valence-corrected chi connectivity index (χ4v) is 9.58. The van der Waals surface area contributed by atoms with Crippen LogP contribution in [0.2, 0.25) is 0 Å². The van der Waals surface area contributed by atoms with Crippen LogP contribution in [0, 0.1) is 0 Å². The van der Waals surface area contributed by atoms with Crippen LogP contribution in [0.3, 0.4) is 0 Å². The van der Waals surface area contributed by atoms with Crippen LogP contribution in [0.15, 0.2) is 0 Å². The van der Waals surface area contributed by atoms with E-state index in [-0.39, 0.29) is 26.1 Å². The molecule has 58 heavy (non-hydrogen) atoms. The zero-order valence-electron chi connectivity index (χ0n) is 37.2. The number of quaternary nitrogens is 1. The fourth-order valence-electron chi connectivity index (χ4n) is 6.50. The van der Waals surface area contributed by atoms with Gasteiger partial charge in [-0.05, 0) is 38.5 Å². The van der Waals surface area contributed by atoms with E-state index in [0.717, 1.165) is 64.2 Å². The van der Waals surface area contributed by atoms with Gasteiger partial charge in [-0.1, -0.05) is 206 Å². The van der Waals surface area contributed by atoms with Crippen LogP contribution in [0.25, 0.3) is 0 Å².